The van der Waals surface area contributed by atoms with Crippen LogP contribution in [0.4, 0.5) is 19.3 Å². The minimum Gasteiger partial charge on any atom is -0.338 e. The normalized spacial score (nSPS) is 12.0. The summed E-state index contributed by atoms with van der Waals surface area (Å²) in [6.07, 6.45) is 1.54. The molecule has 4 nitrogen and oxygen atoms in total. The third-order valence-corrected chi connectivity index (χ3v) is 2.30. The van der Waals surface area contributed by atoms with Crippen molar-refractivity contribution in [2.75, 3.05) is 11.9 Å². The van der Waals surface area contributed by atoms with Crippen molar-refractivity contribution in [2.45, 2.75) is 25.8 Å². The summed E-state index contributed by atoms with van der Waals surface area (Å²) in [4.78, 5) is 11.4. The topological polar surface area (TPSA) is 67.1 Å². The molecule has 0 aliphatic heterocycles. The number of carbonyl (C=O) groups excluding carboxylic acids is 1. The number of urea groups is 1. The molecule has 2 amide bonds. The Labute approximate surface area is 105 Å². The van der Waals surface area contributed by atoms with Gasteiger partial charge in [0.25, 0.3) is 0 Å². The SMILES string of the molecule is CC(N)CCCNC(=O)Nc1ccc(F)cc1F. The first-order valence-corrected chi connectivity index (χ1v) is 5.74. The van der Waals surface area contributed by atoms with Crippen LogP contribution in [-0.2, 0) is 0 Å². The lowest BCUT2D eigenvalue weighted by Crippen LogP contribution is -2.30. The van der Waals surface area contributed by atoms with Crippen LogP contribution in [0.15, 0.2) is 18.2 Å². The maximum absolute atomic E-state index is 13.2. The molecule has 100 valence electrons. The minimum atomic E-state index is -0.805. The van der Waals surface area contributed by atoms with Crippen LogP contribution in [0.5, 0.6) is 0 Å². The van der Waals surface area contributed by atoms with Gasteiger partial charge in [-0.1, -0.05) is 0 Å². The molecule has 1 rings (SSSR count). The van der Waals surface area contributed by atoms with Gasteiger partial charge in [-0.2, -0.15) is 0 Å². The maximum Gasteiger partial charge on any atom is 0.319 e. The van der Waals surface area contributed by atoms with E-state index in [1.807, 2.05) is 6.92 Å². The molecule has 1 aromatic rings. The zero-order valence-electron chi connectivity index (χ0n) is 10.2. The molecule has 1 aromatic carbocycles. The van der Waals surface area contributed by atoms with Gasteiger partial charge in [-0.05, 0) is 31.9 Å². The number of rotatable bonds is 5. The highest BCUT2D eigenvalue weighted by Gasteiger charge is 2.07. The Morgan fingerprint density at radius 2 is 2.17 bits per heavy atom. The summed E-state index contributed by atoms with van der Waals surface area (Å²) in [6, 6.07) is 2.53. The molecule has 0 saturated carbocycles. The summed E-state index contributed by atoms with van der Waals surface area (Å²) in [5, 5.41) is 4.86. The number of nitrogens with two attached hydrogens (primary N) is 1. The monoisotopic (exact) mass is 257 g/mol. The Kier molecular flexibility index (Phi) is 5.51. The number of nitrogens with one attached hydrogen (secondary N) is 2. The zero-order chi connectivity index (χ0) is 13.5. The molecule has 18 heavy (non-hydrogen) atoms. The highest BCUT2D eigenvalue weighted by molar-refractivity contribution is 5.89. The van der Waals surface area contributed by atoms with Crippen molar-refractivity contribution in [3.05, 3.63) is 29.8 Å². The average Bonchev–Trinajstić information content (AvgIpc) is 2.28. The van der Waals surface area contributed by atoms with E-state index in [4.69, 9.17) is 5.73 Å². The van der Waals surface area contributed by atoms with Gasteiger partial charge in [0.05, 0.1) is 5.69 Å². The molecule has 0 radical (unpaired) electrons. The number of hydrogen-bond acceptors (Lipinski definition) is 2. The molecule has 0 bridgehead atoms. The van der Waals surface area contributed by atoms with Crippen LogP contribution in [0.3, 0.4) is 0 Å². The van der Waals surface area contributed by atoms with E-state index in [1.54, 1.807) is 0 Å². The predicted octanol–water partition coefficient (Wildman–Crippen LogP) is 2.21. The number of carbonyl (C=O) groups is 1. The number of hydrogen-bond donors (Lipinski definition) is 3. The number of amides is 2. The molecule has 0 heterocycles. The smallest absolute Gasteiger partial charge is 0.319 e. The molecule has 1 atom stereocenters. The van der Waals surface area contributed by atoms with E-state index in [2.05, 4.69) is 10.6 Å². The molecule has 0 spiro atoms. The molecule has 1 unspecified atom stereocenters. The molecule has 4 N–H and O–H groups in total. The second kappa shape index (κ2) is 6.90. The summed E-state index contributed by atoms with van der Waals surface area (Å²) < 4.78 is 25.8. The first-order chi connectivity index (χ1) is 8.49. The maximum atomic E-state index is 13.2. The lowest BCUT2D eigenvalue weighted by molar-refractivity contribution is 0.251. The van der Waals surface area contributed by atoms with Gasteiger partial charge in [-0.3, -0.25) is 0 Å². The van der Waals surface area contributed by atoms with Gasteiger partial charge in [0.2, 0.25) is 0 Å². The van der Waals surface area contributed by atoms with Crippen LogP contribution in [-0.4, -0.2) is 18.6 Å². The molecule has 6 heteroatoms. The number of halogens is 2. The van der Waals surface area contributed by atoms with E-state index < -0.39 is 17.7 Å². The molecule has 0 saturated heterocycles. The van der Waals surface area contributed by atoms with E-state index >= 15 is 0 Å². The first kappa shape index (κ1) is 14.4. The van der Waals surface area contributed by atoms with E-state index in [9.17, 15) is 13.6 Å². The van der Waals surface area contributed by atoms with Gasteiger partial charge >= 0.3 is 6.03 Å². The zero-order valence-corrected chi connectivity index (χ0v) is 10.2. The number of anilines is 1. The van der Waals surface area contributed by atoms with Crippen molar-refractivity contribution < 1.29 is 13.6 Å². The lowest BCUT2D eigenvalue weighted by atomic mass is 10.2. The Morgan fingerprint density at radius 1 is 1.44 bits per heavy atom. The van der Waals surface area contributed by atoms with Crippen molar-refractivity contribution in [3.63, 3.8) is 0 Å². The summed E-state index contributed by atoms with van der Waals surface area (Å²) in [6.45, 7) is 2.34. The summed E-state index contributed by atoms with van der Waals surface area (Å²) >= 11 is 0. The minimum absolute atomic E-state index is 0.0545. The second-order valence-electron chi connectivity index (χ2n) is 4.12. The van der Waals surface area contributed by atoms with Gasteiger partial charge in [0.15, 0.2) is 0 Å². The Bertz CT molecular complexity index is 410. The second-order valence-corrected chi connectivity index (χ2v) is 4.12. The Hall–Kier alpha value is -1.69. The Balaban J connectivity index is 2.35. The van der Waals surface area contributed by atoms with E-state index in [0.717, 1.165) is 18.9 Å². The highest BCUT2D eigenvalue weighted by atomic mass is 19.1. The van der Waals surface area contributed by atoms with Crippen molar-refractivity contribution >= 4 is 11.7 Å². The predicted molar refractivity (Wildman–Crippen MR) is 66.3 cm³/mol. The van der Waals surface area contributed by atoms with Crippen molar-refractivity contribution in [1.82, 2.24) is 5.32 Å². The van der Waals surface area contributed by atoms with Crippen LogP contribution < -0.4 is 16.4 Å². The van der Waals surface area contributed by atoms with Crippen LogP contribution in [0, 0.1) is 11.6 Å². The fraction of sp³-hybridized carbons (Fsp3) is 0.417. The van der Waals surface area contributed by atoms with Gasteiger partial charge in [-0.15, -0.1) is 0 Å². The fourth-order valence-electron chi connectivity index (χ4n) is 1.38. The van der Waals surface area contributed by atoms with Gasteiger partial charge in [0, 0.05) is 18.7 Å². The first-order valence-electron chi connectivity index (χ1n) is 5.74. The Morgan fingerprint density at radius 3 is 2.78 bits per heavy atom. The van der Waals surface area contributed by atoms with Crippen molar-refractivity contribution in [1.29, 1.82) is 0 Å². The van der Waals surface area contributed by atoms with E-state index in [0.29, 0.717) is 12.6 Å². The van der Waals surface area contributed by atoms with Gasteiger partial charge < -0.3 is 16.4 Å². The molecular formula is C12H17F2N3O. The van der Waals surface area contributed by atoms with Crippen LogP contribution in [0.25, 0.3) is 0 Å². The van der Waals surface area contributed by atoms with Crippen LogP contribution >= 0.6 is 0 Å². The van der Waals surface area contributed by atoms with Crippen molar-refractivity contribution in [2.24, 2.45) is 5.73 Å². The van der Waals surface area contributed by atoms with Crippen LogP contribution in [0.1, 0.15) is 19.8 Å². The number of benzene rings is 1. The largest absolute Gasteiger partial charge is 0.338 e. The molecular weight excluding hydrogens is 240 g/mol. The summed E-state index contributed by atoms with van der Waals surface area (Å²) in [5.74, 6) is -1.49. The van der Waals surface area contributed by atoms with Crippen LogP contribution in [0.2, 0.25) is 0 Å². The fourth-order valence-corrected chi connectivity index (χ4v) is 1.38. The highest BCUT2D eigenvalue weighted by Crippen LogP contribution is 2.14. The quantitative estimate of drug-likeness (QED) is 0.708. The van der Waals surface area contributed by atoms with E-state index in [-0.39, 0.29) is 11.7 Å². The van der Waals surface area contributed by atoms with Gasteiger partial charge in [-0.25, -0.2) is 13.6 Å². The molecule has 0 aliphatic carbocycles. The van der Waals surface area contributed by atoms with Crippen molar-refractivity contribution in [3.8, 4) is 0 Å². The lowest BCUT2D eigenvalue weighted by Gasteiger charge is -2.09. The third kappa shape index (κ3) is 5.09. The average molecular weight is 257 g/mol. The molecule has 0 fully saturated rings. The third-order valence-electron chi connectivity index (χ3n) is 2.30. The molecule has 0 aromatic heterocycles. The standard InChI is InChI=1S/C12H17F2N3O/c1-8(15)3-2-6-16-12(18)17-11-5-4-9(13)7-10(11)14/h4-5,7-8H,2-3,6,15H2,1H3,(H2,16,17,18). The van der Waals surface area contributed by atoms with E-state index in [1.165, 1.54) is 6.07 Å². The van der Waals surface area contributed by atoms with Gasteiger partial charge in [0.1, 0.15) is 11.6 Å². The summed E-state index contributed by atoms with van der Waals surface area (Å²) in [7, 11) is 0. The summed E-state index contributed by atoms with van der Waals surface area (Å²) in [5.41, 5.74) is 5.50. The molecule has 0 aliphatic rings.